The summed E-state index contributed by atoms with van der Waals surface area (Å²) in [7, 11) is 0. The van der Waals surface area contributed by atoms with Gasteiger partial charge in [0.15, 0.2) is 0 Å². The van der Waals surface area contributed by atoms with Crippen LogP contribution in [0.1, 0.15) is 17.5 Å². The second-order valence-electron chi connectivity index (χ2n) is 9.19. The van der Waals surface area contributed by atoms with Crippen LogP contribution in [0.5, 0.6) is 0 Å². The number of alkyl halides is 3. The molecular formula is C27H23F3N4O6. The number of Topliss-reactive ketones (excluding diaryl/α,β-unsaturated/α-hetero) is 1. The Labute approximate surface area is 225 Å². The zero-order valence-corrected chi connectivity index (χ0v) is 21.0. The first-order valence-electron chi connectivity index (χ1n) is 12.0. The van der Waals surface area contributed by atoms with Gasteiger partial charge in [-0.25, -0.2) is 9.88 Å². The average Bonchev–Trinajstić information content (AvgIpc) is 3.15. The maximum atomic E-state index is 13.5. The van der Waals surface area contributed by atoms with Gasteiger partial charge in [-0.05, 0) is 18.6 Å². The Morgan fingerprint density at radius 1 is 1.10 bits per heavy atom. The van der Waals surface area contributed by atoms with Crippen molar-refractivity contribution in [2.24, 2.45) is 0 Å². The summed E-state index contributed by atoms with van der Waals surface area (Å²) < 4.78 is 40.8. The molecule has 2 unspecified atom stereocenters. The van der Waals surface area contributed by atoms with Gasteiger partial charge >= 0.3 is 6.18 Å². The van der Waals surface area contributed by atoms with Crippen molar-refractivity contribution in [1.82, 2.24) is 14.9 Å². The Kier molecular flexibility index (Phi) is 7.96. The standard InChI is InChI=1S/C27H23F3N4O6/c1-15-6-5-9-17(10-15)24-31-13-19(34-22(37)12-20(35)26(34)40)25(39)33(24)14-21(36)32-18(23(38)27(28,29)30)11-16-7-3-2-4-8-16/h2-10,13,18,20,35H,11-12,14H2,1H3,(H,32,36). The van der Waals surface area contributed by atoms with E-state index < -0.39 is 72.5 Å². The third kappa shape index (κ3) is 5.99. The van der Waals surface area contributed by atoms with Crippen LogP contribution >= 0.6 is 0 Å². The lowest BCUT2D eigenvalue weighted by Gasteiger charge is -2.21. The molecule has 1 saturated heterocycles. The molecule has 1 fully saturated rings. The van der Waals surface area contributed by atoms with Crippen LogP contribution in [0, 0.1) is 6.92 Å². The summed E-state index contributed by atoms with van der Waals surface area (Å²) in [4.78, 5) is 68.0. The van der Waals surface area contributed by atoms with Gasteiger partial charge in [-0.2, -0.15) is 13.2 Å². The number of aromatic nitrogens is 2. The smallest absolute Gasteiger partial charge is 0.383 e. The Morgan fingerprint density at radius 2 is 1.80 bits per heavy atom. The third-order valence-corrected chi connectivity index (χ3v) is 6.18. The number of imide groups is 1. The summed E-state index contributed by atoms with van der Waals surface area (Å²) in [5.41, 5.74) is -0.0835. The maximum Gasteiger partial charge on any atom is 0.452 e. The van der Waals surface area contributed by atoms with Crippen LogP contribution in [0.2, 0.25) is 0 Å². The Balaban J connectivity index is 1.73. The van der Waals surface area contributed by atoms with Gasteiger partial charge in [0, 0.05) is 12.0 Å². The van der Waals surface area contributed by atoms with Gasteiger partial charge in [0.25, 0.3) is 17.2 Å². The largest absolute Gasteiger partial charge is 0.452 e. The van der Waals surface area contributed by atoms with Gasteiger partial charge < -0.3 is 10.4 Å². The molecule has 0 aliphatic carbocycles. The molecule has 4 rings (SSSR count). The van der Waals surface area contributed by atoms with Crippen LogP contribution in [-0.2, 0) is 32.1 Å². The molecule has 1 aromatic heterocycles. The molecule has 0 saturated carbocycles. The number of anilines is 1. The lowest BCUT2D eigenvalue weighted by Crippen LogP contribution is -2.49. The monoisotopic (exact) mass is 556 g/mol. The minimum atomic E-state index is -5.24. The highest BCUT2D eigenvalue weighted by Crippen LogP contribution is 2.23. The summed E-state index contributed by atoms with van der Waals surface area (Å²) >= 11 is 0. The predicted octanol–water partition coefficient (Wildman–Crippen LogP) is 1.70. The van der Waals surface area contributed by atoms with Gasteiger partial charge in [-0.3, -0.25) is 28.5 Å². The SMILES string of the molecule is Cc1cccc(-c2ncc(N3C(=O)CC(O)C3=O)c(=O)n2CC(=O)NC(Cc2ccccc2)C(=O)C(F)(F)F)c1. The lowest BCUT2D eigenvalue weighted by atomic mass is 10.0. The number of hydrogen-bond donors (Lipinski definition) is 2. The molecule has 3 aromatic rings. The Hall–Kier alpha value is -4.65. The second kappa shape index (κ2) is 11.2. The number of aryl methyl sites for hydroxylation is 1. The van der Waals surface area contributed by atoms with Crippen molar-refractivity contribution in [2.45, 2.75) is 44.6 Å². The molecule has 13 heteroatoms. The van der Waals surface area contributed by atoms with Crippen LogP contribution < -0.4 is 15.8 Å². The fourth-order valence-electron chi connectivity index (χ4n) is 4.31. The predicted molar refractivity (Wildman–Crippen MR) is 135 cm³/mol. The molecule has 2 N–H and O–H groups in total. The number of carbonyl (C=O) groups is 4. The maximum absolute atomic E-state index is 13.5. The molecule has 3 amide bonds. The minimum Gasteiger partial charge on any atom is -0.383 e. The lowest BCUT2D eigenvalue weighted by molar-refractivity contribution is -0.173. The molecule has 0 radical (unpaired) electrons. The van der Waals surface area contributed by atoms with Crippen molar-refractivity contribution in [2.75, 3.05) is 4.90 Å². The Morgan fingerprint density at radius 3 is 2.40 bits per heavy atom. The van der Waals surface area contributed by atoms with Crippen molar-refractivity contribution in [1.29, 1.82) is 0 Å². The number of ketones is 1. The number of rotatable bonds is 8. The average molecular weight is 556 g/mol. The van der Waals surface area contributed by atoms with E-state index in [2.05, 4.69) is 10.3 Å². The van der Waals surface area contributed by atoms with Gasteiger partial charge in [0.2, 0.25) is 11.8 Å². The minimum absolute atomic E-state index is 0.0750. The number of hydrogen-bond acceptors (Lipinski definition) is 7. The molecule has 10 nitrogen and oxygen atoms in total. The zero-order chi connectivity index (χ0) is 29.2. The van der Waals surface area contributed by atoms with E-state index in [0.717, 1.165) is 16.3 Å². The van der Waals surface area contributed by atoms with E-state index in [1.54, 1.807) is 49.4 Å². The molecule has 40 heavy (non-hydrogen) atoms. The van der Waals surface area contributed by atoms with E-state index in [1.807, 2.05) is 0 Å². The summed E-state index contributed by atoms with van der Waals surface area (Å²) in [5.74, 6) is -5.29. The normalized spacial score (nSPS) is 16.2. The highest BCUT2D eigenvalue weighted by Gasteiger charge is 2.44. The molecule has 208 valence electrons. The molecule has 0 bridgehead atoms. The van der Waals surface area contributed by atoms with Gasteiger partial charge in [-0.1, -0.05) is 54.1 Å². The summed E-state index contributed by atoms with van der Waals surface area (Å²) in [6, 6.07) is 12.4. The van der Waals surface area contributed by atoms with E-state index in [4.69, 9.17) is 0 Å². The number of aliphatic hydroxyl groups excluding tert-OH is 1. The fraction of sp³-hybridized carbons (Fsp3) is 0.259. The second-order valence-corrected chi connectivity index (χ2v) is 9.19. The third-order valence-electron chi connectivity index (χ3n) is 6.18. The number of amides is 3. The van der Waals surface area contributed by atoms with Gasteiger partial charge in [0.05, 0.1) is 12.6 Å². The molecule has 2 aromatic carbocycles. The van der Waals surface area contributed by atoms with Crippen LogP contribution in [0.25, 0.3) is 11.4 Å². The Bertz CT molecular complexity index is 1540. The number of benzene rings is 2. The molecular weight excluding hydrogens is 533 g/mol. The van der Waals surface area contributed by atoms with Crippen molar-refractivity contribution in [3.8, 4) is 11.4 Å². The number of halogens is 3. The quantitative estimate of drug-likeness (QED) is 0.403. The summed E-state index contributed by atoms with van der Waals surface area (Å²) in [6.07, 6.45) is -6.97. The van der Waals surface area contributed by atoms with Crippen molar-refractivity contribution in [3.05, 3.63) is 82.3 Å². The summed E-state index contributed by atoms with van der Waals surface area (Å²) in [6.45, 7) is 0.866. The van der Waals surface area contributed by atoms with E-state index in [-0.39, 0.29) is 5.82 Å². The first kappa shape index (κ1) is 28.4. The molecule has 1 aliphatic heterocycles. The first-order chi connectivity index (χ1) is 18.9. The van der Waals surface area contributed by atoms with E-state index in [0.29, 0.717) is 16.0 Å². The van der Waals surface area contributed by atoms with Crippen molar-refractivity contribution < 1.29 is 37.5 Å². The van der Waals surface area contributed by atoms with Crippen LogP contribution in [0.3, 0.4) is 0 Å². The molecule has 0 spiro atoms. The first-order valence-corrected chi connectivity index (χ1v) is 12.0. The zero-order valence-electron chi connectivity index (χ0n) is 21.0. The molecule has 1 aliphatic rings. The van der Waals surface area contributed by atoms with Crippen LogP contribution in [0.4, 0.5) is 18.9 Å². The number of aliphatic hydroxyl groups is 1. The highest BCUT2D eigenvalue weighted by molar-refractivity contribution is 6.21. The van der Waals surface area contributed by atoms with Crippen molar-refractivity contribution >= 4 is 29.2 Å². The van der Waals surface area contributed by atoms with Crippen LogP contribution in [0.15, 0.2) is 65.6 Å². The number of carbonyl (C=O) groups excluding carboxylic acids is 4. The topological polar surface area (TPSA) is 139 Å². The highest BCUT2D eigenvalue weighted by atomic mass is 19.4. The molecule has 2 atom stereocenters. The fourth-order valence-corrected chi connectivity index (χ4v) is 4.31. The van der Waals surface area contributed by atoms with Gasteiger partial charge in [-0.15, -0.1) is 0 Å². The van der Waals surface area contributed by atoms with E-state index in [1.165, 1.54) is 12.1 Å². The molecule has 2 heterocycles. The number of nitrogens with zero attached hydrogens (tertiary/aromatic N) is 3. The number of nitrogens with one attached hydrogen (secondary N) is 1. The van der Waals surface area contributed by atoms with Crippen molar-refractivity contribution in [3.63, 3.8) is 0 Å². The van der Waals surface area contributed by atoms with Gasteiger partial charge in [0.1, 0.15) is 30.2 Å². The van der Waals surface area contributed by atoms with Crippen LogP contribution in [-0.4, -0.2) is 56.5 Å². The summed E-state index contributed by atoms with van der Waals surface area (Å²) in [5, 5.41) is 11.8. The van der Waals surface area contributed by atoms with E-state index in [9.17, 15) is 42.3 Å². The van der Waals surface area contributed by atoms with E-state index >= 15 is 0 Å².